The molecule has 1 fully saturated rings. The van der Waals surface area contributed by atoms with E-state index in [4.69, 9.17) is 16.3 Å². The first-order valence-electron chi connectivity index (χ1n) is 10.1. The summed E-state index contributed by atoms with van der Waals surface area (Å²) in [4.78, 5) is 12.4. The second-order valence-electron chi connectivity index (χ2n) is 6.97. The molecule has 6 nitrogen and oxygen atoms in total. The molecule has 1 aliphatic carbocycles. The third-order valence-corrected chi connectivity index (χ3v) is 7.56. The first-order valence-corrected chi connectivity index (χ1v) is 11.9. The maximum absolute atomic E-state index is 12.7. The SMILES string of the molecule is CCN(CC)S(=O)(=O)c1cc(C(=O)NCCCOC2CCCCC2)ccc1Cl. The Bertz CT molecular complexity index is 745. The van der Waals surface area contributed by atoms with Crippen LogP contribution in [0.2, 0.25) is 5.02 Å². The van der Waals surface area contributed by atoms with E-state index in [0.717, 1.165) is 19.3 Å². The van der Waals surface area contributed by atoms with E-state index in [0.29, 0.717) is 32.3 Å². The first-order chi connectivity index (χ1) is 13.4. The van der Waals surface area contributed by atoms with Crippen molar-refractivity contribution in [2.75, 3.05) is 26.2 Å². The van der Waals surface area contributed by atoms with Gasteiger partial charge in [0.15, 0.2) is 0 Å². The average Bonchev–Trinajstić information content (AvgIpc) is 2.69. The minimum atomic E-state index is -3.73. The molecule has 1 aliphatic rings. The molecule has 0 aliphatic heterocycles. The highest BCUT2D eigenvalue weighted by Crippen LogP contribution is 2.26. The van der Waals surface area contributed by atoms with E-state index in [9.17, 15) is 13.2 Å². The van der Waals surface area contributed by atoms with Crippen molar-refractivity contribution >= 4 is 27.5 Å². The molecule has 1 saturated carbocycles. The molecule has 158 valence electrons. The van der Waals surface area contributed by atoms with E-state index in [-0.39, 0.29) is 21.4 Å². The number of carbonyl (C=O) groups excluding carboxylic acids is 1. The van der Waals surface area contributed by atoms with Crippen LogP contribution in [0.1, 0.15) is 62.7 Å². The smallest absolute Gasteiger partial charge is 0.251 e. The van der Waals surface area contributed by atoms with Gasteiger partial charge in [-0.2, -0.15) is 4.31 Å². The van der Waals surface area contributed by atoms with Crippen molar-refractivity contribution < 1.29 is 17.9 Å². The van der Waals surface area contributed by atoms with Crippen molar-refractivity contribution in [2.24, 2.45) is 0 Å². The number of carbonyl (C=O) groups is 1. The minimum absolute atomic E-state index is 0.0360. The van der Waals surface area contributed by atoms with E-state index < -0.39 is 10.0 Å². The molecule has 1 aromatic rings. The lowest BCUT2D eigenvalue weighted by Gasteiger charge is -2.22. The second-order valence-corrected chi connectivity index (χ2v) is 9.29. The summed E-state index contributed by atoms with van der Waals surface area (Å²) in [6, 6.07) is 4.35. The van der Waals surface area contributed by atoms with Crippen molar-refractivity contribution in [3.05, 3.63) is 28.8 Å². The Labute approximate surface area is 173 Å². The molecule has 0 unspecified atom stereocenters. The molecular weight excluding hydrogens is 400 g/mol. The molecule has 8 heteroatoms. The number of hydrogen-bond donors (Lipinski definition) is 1. The lowest BCUT2D eigenvalue weighted by Crippen LogP contribution is -2.31. The Morgan fingerprint density at radius 2 is 1.89 bits per heavy atom. The van der Waals surface area contributed by atoms with Crippen LogP contribution < -0.4 is 5.32 Å². The summed E-state index contributed by atoms with van der Waals surface area (Å²) in [5.74, 6) is -0.315. The zero-order valence-corrected chi connectivity index (χ0v) is 18.3. The molecule has 1 N–H and O–H groups in total. The third-order valence-electron chi connectivity index (χ3n) is 5.03. The fourth-order valence-electron chi connectivity index (χ4n) is 3.40. The van der Waals surface area contributed by atoms with Crippen molar-refractivity contribution in [1.29, 1.82) is 0 Å². The van der Waals surface area contributed by atoms with Crippen molar-refractivity contribution in [3.8, 4) is 0 Å². The summed E-state index contributed by atoms with van der Waals surface area (Å²) >= 11 is 6.11. The van der Waals surface area contributed by atoms with Gasteiger partial charge < -0.3 is 10.1 Å². The van der Waals surface area contributed by atoms with Crippen molar-refractivity contribution in [2.45, 2.75) is 63.4 Å². The zero-order valence-electron chi connectivity index (χ0n) is 16.7. The van der Waals surface area contributed by atoms with E-state index in [2.05, 4.69) is 5.32 Å². The summed E-state index contributed by atoms with van der Waals surface area (Å²) in [6.07, 6.45) is 7.09. The lowest BCUT2D eigenvalue weighted by molar-refractivity contribution is 0.0273. The fourth-order valence-corrected chi connectivity index (χ4v) is 5.36. The summed E-state index contributed by atoms with van der Waals surface area (Å²) < 4.78 is 32.6. The predicted octanol–water partition coefficient (Wildman–Crippen LogP) is 3.84. The largest absolute Gasteiger partial charge is 0.378 e. The standard InChI is InChI=1S/C20H31ClN2O4S/c1-3-23(4-2)28(25,26)19-15-16(11-12-18(19)21)20(24)22-13-8-14-27-17-9-6-5-7-10-17/h11-12,15,17H,3-10,13-14H2,1-2H3,(H,22,24). The molecule has 0 bridgehead atoms. The Morgan fingerprint density at radius 3 is 2.54 bits per heavy atom. The summed E-state index contributed by atoms with van der Waals surface area (Å²) in [7, 11) is -3.73. The van der Waals surface area contributed by atoms with Crippen LogP contribution in [0.5, 0.6) is 0 Å². The molecular formula is C20H31ClN2O4S. The lowest BCUT2D eigenvalue weighted by atomic mass is 9.98. The van der Waals surface area contributed by atoms with Gasteiger partial charge in [0.1, 0.15) is 4.90 Å². The number of rotatable bonds is 10. The molecule has 0 aromatic heterocycles. The number of nitrogens with zero attached hydrogens (tertiary/aromatic N) is 1. The quantitative estimate of drug-likeness (QED) is 0.572. The molecule has 0 saturated heterocycles. The van der Waals surface area contributed by atoms with Crippen molar-refractivity contribution in [1.82, 2.24) is 9.62 Å². The Hall–Kier alpha value is -1.15. The van der Waals surface area contributed by atoms with Gasteiger partial charge in [0.2, 0.25) is 10.0 Å². The highest BCUT2D eigenvalue weighted by molar-refractivity contribution is 7.89. The van der Waals surface area contributed by atoms with Crippen molar-refractivity contribution in [3.63, 3.8) is 0 Å². The topological polar surface area (TPSA) is 75.7 Å². The van der Waals surface area contributed by atoms with Gasteiger partial charge >= 0.3 is 0 Å². The van der Waals surface area contributed by atoms with Gasteiger partial charge in [-0.3, -0.25) is 4.79 Å². The first kappa shape index (κ1) is 23.1. The van der Waals surface area contributed by atoms with Crippen LogP contribution in [0.25, 0.3) is 0 Å². The number of hydrogen-bond acceptors (Lipinski definition) is 4. The van der Waals surface area contributed by atoms with Crippen LogP contribution in [0.4, 0.5) is 0 Å². The highest BCUT2D eigenvalue weighted by atomic mass is 35.5. The van der Waals surface area contributed by atoms with E-state index in [1.165, 1.54) is 41.8 Å². The number of ether oxygens (including phenoxy) is 1. The normalized spacial score (nSPS) is 15.7. The molecule has 1 aromatic carbocycles. The maximum Gasteiger partial charge on any atom is 0.251 e. The highest BCUT2D eigenvalue weighted by Gasteiger charge is 2.25. The number of nitrogens with one attached hydrogen (secondary N) is 1. The van der Waals surface area contributed by atoms with Gasteiger partial charge in [-0.25, -0.2) is 8.42 Å². The van der Waals surface area contributed by atoms with E-state index >= 15 is 0 Å². The average molecular weight is 431 g/mol. The van der Waals surface area contributed by atoms with Gasteiger partial charge in [0.25, 0.3) is 5.91 Å². The van der Waals surface area contributed by atoms with Crippen LogP contribution >= 0.6 is 11.6 Å². The van der Waals surface area contributed by atoms with E-state index in [1.54, 1.807) is 13.8 Å². The number of amides is 1. The Kier molecular flexibility index (Phi) is 9.21. The van der Waals surface area contributed by atoms with Gasteiger partial charge in [0.05, 0.1) is 11.1 Å². The van der Waals surface area contributed by atoms with Crippen LogP contribution in [0.3, 0.4) is 0 Å². The van der Waals surface area contributed by atoms with E-state index in [1.807, 2.05) is 0 Å². The van der Waals surface area contributed by atoms with Crippen LogP contribution in [-0.4, -0.2) is 51.0 Å². The summed E-state index contributed by atoms with van der Waals surface area (Å²) in [6.45, 7) is 5.31. The van der Waals surface area contributed by atoms with Gasteiger partial charge in [-0.15, -0.1) is 0 Å². The second kappa shape index (κ2) is 11.1. The monoisotopic (exact) mass is 430 g/mol. The van der Waals surface area contributed by atoms with Gasteiger partial charge in [-0.1, -0.05) is 44.7 Å². The van der Waals surface area contributed by atoms with Gasteiger partial charge in [0, 0.05) is 31.8 Å². The summed E-state index contributed by atoms with van der Waals surface area (Å²) in [5, 5.41) is 2.94. The molecule has 0 atom stereocenters. The van der Waals surface area contributed by atoms with Crippen LogP contribution in [-0.2, 0) is 14.8 Å². The molecule has 0 spiro atoms. The molecule has 0 radical (unpaired) electrons. The van der Waals surface area contributed by atoms with Crippen LogP contribution in [0, 0.1) is 0 Å². The number of sulfonamides is 1. The Balaban J connectivity index is 1.91. The summed E-state index contributed by atoms with van der Waals surface area (Å²) in [5.41, 5.74) is 0.281. The fraction of sp³-hybridized carbons (Fsp3) is 0.650. The molecule has 28 heavy (non-hydrogen) atoms. The zero-order chi connectivity index (χ0) is 20.6. The molecule has 2 rings (SSSR count). The van der Waals surface area contributed by atoms with Gasteiger partial charge in [-0.05, 0) is 37.5 Å². The van der Waals surface area contributed by atoms with Crippen LogP contribution in [0.15, 0.2) is 23.1 Å². The maximum atomic E-state index is 12.7. The Morgan fingerprint density at radius 1 is 1.21 bits per heavy atom. The number of halogens is 1. The molecule has 1 amide bonds. The third kappa shape index (κ3) is 6.17. The predicted molar refractivity (Wildman–Crippen MR) is 111 cm³/mol. The number of benzene rings is 1. The molecule has 0 heterocycles. The minimum Gasteiger partial charge on any atom is -0.378 e.